The van der Waals surface area contributed by atoms with Crippen LogP contribution in [0.5, 0.6) is 0 Å². The monoisotopic (exact) mass is 270 g/mol. The molecule has 0 radical (unpaired) electrons. The normalized spacial score (nSPS) is 27.3. The molecule has 0 bridgehead atoms. The molecule has 0 unspecified atom stereocenters. The van der Waals surface area contributed by atoms with Gasteiger partial charge in [-0.3, -0.25) is 0 Å². The first-order valence-corrected chi connectivity index (χ1v) is 6.80. The average Bonchev–Trinajstić information content (AvgIpc) is 2.48. The third-order valence-corrected chi connectivity index (χ3v) is 4.84. The highest BCUT2D eigenvalue weighted by Gasteiger charge is 2.54. The fourth-order valence-corrected chi connectivity index (χ4v) is 2.51. The first-order valence-electron chi connectivity index (χ1n) is 6.80. The second kappa shape index (κ2) is 4.55. The van der Waals surface area contributed by atoms with Gasteiger partial charge in [0.15, 0.2) is 0 Å². The maximum Gasteiger partial charge on any atom is 0.525 e. The summed E-state index contributed by atoms with van der Waals surface area (Å²) in [5, 5.41) is 0. The molecule has 4 nitrogen and oxygen atoms in total. The van der Waals surface area contributed by atoms with E-state index >= 15 is 0 Å². The predicted octanol–water partition coefficient (Wildman–Crippen LogP) is 1.54. The molecule has 1 saturated heterocycles. The first kappa shape index (κ1) is 15.0. The summed E-state index contributed by atoms with van der Waals surface area (Å²) in [5.74, 6) is 0. The van der Waals surface area contributed by atoms with Crippen molar-refractivity contribution in [2.75, 3.05) is 13.1 Å². The van der Waals surface area contributed by atoms with Gasteiger partial charge in [-0.25, -0.2) is 4.39 Å². The van der Waals surface area contributed by atoms with Crippen molar-refractivity contribution >= 4 is 7.12 Å². The lowest BCUT2D eigenvalue weighted by molar-refractivity contribution is 0.00578. The zero-order chi connectivity index (χ0) is 14.5. The molecule has 0 atom stereocenters. The van der Waals surface area contributed by atoms with Crippen molar-refractivity contribution in [1.82, 2.24) is 0 Å². The van der Waals surface area contributed by atoms with E-state index < -0.39 is 18.3 Å². The SMILES string of the molecule is CC1(C)OB(C(F)=C2CC(CN)(CN)C2)OC1(C)C. The van der Waals surface area contributed by atoms with Gasteiger partial charge in [0.25, 0.3) is 0 Å². The summed E-state index contributed by atoms with van der Waals surface area (Å²) in [5.41, 5.74) is 10.7. The molecule has 2 aliphatic rings. The van der Waals surface area contributed by atoms with E-state index in [4.69, 9.17) is 20.8 Å². The summed E-state index contributed by atoms with van der Waals surface area (Å²) >= 11 is 0. The van der Waals surface area contributed by atoms with Crippen molar-refractivity contribution in [3.05, 3.63) is 11.3 Å². The van der Waals surface area contributed by atoms with E-state index in [-0.39, 0.29) is 11.1 Å². The Hall–Kier alpha value is -0.425. The minimum atomic E-state index is -0.895. The van der Waals surface area contributed by atoms with Gasteiger partial charge < -0.3 is 20.8 Å². The molecule has 2 rings (SSSR count). The maximum atomic E-state index is 14.4. The molecule has 19 heavy (non-hydrogen) atoms. The summed E-state index contributed by atoms with van der Waals surface area (Å²) in [4.78, 5) is 0. The van der Waals surface area contributed by atoms with Crippen LogP contribution >= 0.6 is 0 Å². The Kier molecular flexibility index (Phi) is 3.59. The van der Waals surface area contributed by atoms with E-state index in [2.05, 4.69) is 0 Å². The van der Waals surface area contributed by atoms with Gasteiger partial charge in [0.05, 0.1) is 11.2 Å². The lowest BCUT2D eigenvalue weighted by Crippen LogP contribution is -2.46. The molecule has 0 aromatic heterocycles. The number of allylic oxidation sites excluding steroid dienone is 1. The third kappa shape index (κ3) is 2.35. The second-order valence-electron chi connectivity index (χ2n) is 6.80. The van der Waals surface area contributed by atoms with Gasteiger partial charge in [0, 0.05) is 5.41 Å². The standard InChI is InChI=1S/C13H24BFN2O2/c1-11(2)12(3,4)19-14(18-11)10(15)9-5-13(6-9,7-16)8-17/h5-8,16-17H2,1-4H3. The molecule has 0 amide bonds. The van der Waals surface area contributed by atoms with Crippen molar-refractivity contribution in [3.8, 4) is 0 Å². The topological polar surface area (TPSA) is 70.5 Å². The van der Waals surface area contributed by atoms with E-state index in [1.165, 1.54) is 0 Å². The number of nitrogens with two attached hydrogens (primary N) is 2. The van der Waals surface area contributed by atoms with Gasteiger partial charge in [-0.05, 0) is 59.2 Å². The summed E-state index contributed by atoms with van der Waals surface area (Å²) in [7, 11) is -0.895. The van der Waals surface area contributed by atoms with Gasteiger partial charge in [0.1, 0.15) is 5.73 Å². The lowest BCUT2D eigenvalue weighted by atomic mass is 9.62. The predicted molar refractivity (Wildman–Crippen MR) is 74.0 cm³/mol. The highest BCUT2D eigenvalue weighted by molar-refractivity contribution is 6.53. The second-order valence-corrected chi connectivity index (χ2v) is 6.80. The van der Waals surface area contributed by atoms with Crippen molar-refractivity contribution in [2.24, 2.45) is 16.9 Å². The van der Waals surface area contributed by atoms with Crippen LogP contribution in [0.2, 0.25) is 0 Å². The summed E-state index contributed by atoms with van der Waals surface area (Å²) in [6.07, 6.45) is 1.21. The zero-order valence-electron chi connectivity index (χ0n) is 12.3. The van der Waals surface area contributed by atoms with Gasteiger partial charge >= 0.3 is 7.12 Å². The minimum Gasteiger partial charge on any atom is -0.398 e. The highest BCUT2D eigenvalue weighted by atomic mass is 19.1. The zero-order valence-corrected chi connectivity index (χ0v) is 12.3. The van der Waals surface area contributed by atoms with Gasteiger partial charge in [-0.2, -0.15) is 0 Å². The van der Waals surface area contributed by atoms with Crippen LogP contribution in [-0.4, -0.2) is 31.4 Å². The molecule has 0 aromatic rings. The molecular weight excluding hydrogens is 246 g/mol. The fraction of sp³-hybridized carbons (Fsp3) is 0.846. The molecule has 4 N–H and O–H groups in total. The van der Waals surface area contributed by atoms with Crippen LogP contribution in [0.3, 0.4) is 0 Å². The smallest absolute Gasteiger partial charge is 0.398 e. The number of hydrogen-bond donors (Lipinski definition) is 2. The fourth-order valence-electron chi connectivity index (χ4n) is 2.51. The molecule has 0 spiro atoms. The Morgan fingerprint density at radius 1 is 1.11 bits per heavy atom. The van der Waals surface area contributed by atoms with Crippen LogP contribution < -0.4 is 11.5 Å². The molecule has 108 valence electrons. The van der Waals surface area contributed by atoms with Crippen LogP contribution in [0, 0.1) is 5.41 Å². The van der Waals surface area contributed by atoms with E-state index in [9.17, 15) is 4.39 Å². The summed E-state index contributed by atoms with van der Waals surface area (Å²) < 4.78 is 25.8. The molecule has 6 heteroatoms. The first-order chi connectivity index (χ1) is 8.66. The average molecular weight is 270 g/mol. The third-order valence-electron chi connectivity index (χ3n) is 4.84. The van der Waals surface area contributed by atoms with Crippen molar-refractivity contribution in [2.45, 2.75) is 51.7 Å². The molecular formula is C13H24BFN2O2. The van der Waals surface area contributed by atoms with Crippen LogP contribution in [0.15, 0.2) is 11.3 Å². The Balaban J connectivity index is 2.10. The van der Waals surface area contributed by atoms with Gasteiger partial charge in [0.2, 0.25) is 0 Å². The number of halogens is 1. The Morgan fingerprint density at radius 2 is 1.53 bits per heavy atom. The van der Waals surface area contributed by atoms with Crippen LogP contribution in [0.1, 0.15) is 40.5 Å². The maximum absolute atomic E-state index is 14.4. The molecule has 1 saturated carbocycles. The molecule has 1 aliphatic carbocycles. The van der Waals surface area contributed by atoms with Crippen LogP contribution in [-0.2, 0) is 9.31 Å². The van der Waals surface area contributed by atoms with Crippen molar-refractivity contribution in [3.63, 3.8) is 0 Å². The largest absolute Gasteiger partial charge is 0.525 e. The Labute approximate surface area is 114 Å². The molecule has 2 fully saturated rings. The Bertz CT molecular complexity index is 379. The molecule has 0 aromatic carbocycles. The van der Waals surface area contributed by atoms with Crippen molar-refractivity contribution < 1.29 is 13.7 Å². The van der Waals surface area contributed by atoms with Gasteiger partial charge in [-0.15, -0.1) is 0 Å². The highest BCUT2D eigenvalue weighted by Crippen LogP contribution is 2.48. The van der Waals surface area contributed by atoms with Crippen LogP contribution in [0.25, 0.3) is 0 Å². The summed E-state index contributed by atoms with van der Waals surface area (Å²) in [6.45, 7) is 8.63. The van der Waals surface area contributed by atoms with Crippen molar-refractivity contribution in [1.29, 1.82) is 0 Å². The van der Waals surface area contributed by atoms with E-state index in [0.717, 1.165) is 5.57 Å². The van der Waals surface area contributed by atoms with Gasteiger partial charge in [-0.1, -0.05) is 0 Å². The van der Waals surface area contributed by atoms with Crippen LogP contribution in [0.4, 0.5) is 4.39 Å². The Morgan fingerprint density at radius 3 is 1.89 bits per heavy atom. The minimum absolute atomic E-state index is 0.129. The van der Waals surface area contributed by atoms with E-state index in [1.54, 1.807) is 0 Å². The number of hydrogen-bond acceptors (Lipinski definition) is 4. The number of rotatable bonds is 3. The van der Waals surface area contributed by atoms with E-state index in [0.29, 0.717) is 25.9 Å². The van der Waals surface area contributed by atoms with E-state index in [1.807, 2.05) is 27.7 Å². The molecule has 1 aliphatic heterocycles. The summed E-state index contributed by atoms with van der Waals surface area (Å²) in [6, 6.07) is 0. The molecule has 1 heterocycles. The lowest BCUT2D eigenvalue weighted by Gasteiger charge is -2.42. The quantitative estimate of drug-likeness (QED) is 0.763.